The predicted octanol–water partition coefficient (Wildman–Crippen LogP) is 4.12. The van der Waals surface area contributed by atoms with Gasteiger partial charge in [-0.15, -0.1) is 0 Å². The second kappa shape index (κ2) is 5.44. The fourth-order valence-corrected chi connectivity index (χ4v) is 7.20. The van der Waals surface area contributed by atoms with Crippen molar-refractivity contribution in [3.8, 4) is 0 Å². The Kier molecular flexibility index (Phi) is 3.20. The summed E-state index contributed by atoms with van der Waals surface area (Å²) in [5.41, 5.74) is 0.373. The summed E-state index contributed by atoms with van der Waals surface area (Å²) in [4.78, 5) is 16.7. The first-order valence-corrected chi connectivity index (χ1v) is 10.5. The highest BCUT2D eigenvalue weighted by molar-refractivity contribution is 8.27. The van der Waals surface area contributed by atoms with Crippen LogP contribution in [-0.4, -0.2) is 27.0 Å². The number of furan rings is 1. The van der Waals surface area contributed by atoms with E-state index in [1.54, 1.807) is 29.5 Å². The van der Waals surface area contributed by atoms with Crippen LogP contribution in [0.2, 0.25) is 0 Å². The highest BCUT2D eigenvalue weighted by Gasteiger charge is 2.55. The first-order chi connectivity index (χ1) is 13.1. The fraction of sp³-hybridized carbons (Fsp3) is 0.500. The largest absolute Gasteiger partial charge is 0.465 e. The lowest BCUT2D eigenvalue weighted by molar-refractivity contribution is -0.114. The fourth-order valence-electron chi connectivity index (χ4n) is 6.09. The van der Waals surface area contributed by atoms with Gasteiger partial charge in [-0.3, -0.25) is 10.2 Å². The van der Waals surface area contributed by atoms with E-state index in [0.29, 0.717) is 10.9 Å². The smallest absolute Gasteiger partial charge is 0.283 e. The van der Waals surface area contributed by atoms with Gasteiger partial charge < -0.3 is 4.42 Å². The first kappa shape index (κ1) is 15.9. The Morgan fingerprint density at radius 2 is 1.93 bits per heavy atom. The lowest BCUT2D eigenvalue weighted by Crippen LogP contribution is -2.49. The molecule has 2 aliphatic heterocycles. The number of amides is 1. The number of rotatable bonds is 2. The monoisotopic (exact) mass is 380 g/mol. The number of fused-ring (bicyclic) bond motifs is 1. The molecule has 4 aliphatic carbocycles. The van der Waals surface area contributed by atoms with Crippen molar-refractivity contribution in [2.75, 3.05) is 0 Å². The molecule has 0 saturated heterocycles. The molecule has 0 atom stereocenters. The van der Waals surface area contributed by atoms with E-state index in [-0.39, 0.29) is 16.8 Å². The van der Waals surface area contributed by atoms with Crippen LogP contribution in [0.3, 0.4) is 0 Å². The Balaban J connectivity index is 1.35. The van der Waals surface area contributed by atoms with E-state index in [9.17, 15) is 4.79 Å². The van der Waals surface area contributed by atoms with Gasteiger partial charge in [-0.2, -0.15) is 15.1 Å². The summed E-state index contributed by atoms with van der Waals surface area (Å²) in [6, 6.07) is 3.52. The van der Waals surface area contributed by atoms with Crippen LogP contribution in [0.25, 0.3) is 6.08 Å². The number of nitrogens with one attached hydrogen (secondary N) is 1. The average Bonchev–Trinajstić information content (AvgIpc) is 3.27. The number of carbonyl (C=O) groups is 1. The van der Waals surface area contributed by atoms with Gasteiger partial charge in [-0.25, -0.2) is 0 Å². The molecule has 0 aromatic carbocycles. The molecule has 0 unspecified atom stereocenters. The molecule has 1 aromatic rings. The highest BCUT2D eigenvalue weighted by atomic mass is 32.2. The minimum atomic E-state index is -0.392. The molecule has 0 spiro atoms. The molecule has 27 heavy (non-hydrogen) atoms. The van der Waals surface area contributed by atoms with E-state index in [4.69, 9.17) is 14.9 Å². The topological polar surface area (TPSA) is 82.0 Å². The Bertz CT molecular complexity index is 908. The van der Waals surface area contributed by atoms with Crippen LogP contribution in [0.15, 0.2) is 38.5 Å². The van der Waals surface area contributed by atoms with Gasteiger partial charge in [0.1, 0.15) is 10.8 Å². The quantitative estimate of drug-likeness (QED) is 0.783. The minimum Gasteiger partial charge on any atom is -0.465 e. The van der Waals surface area contributed by atoms with Crippen molar-refractivity contribution in [1.82, 2.24) is 5.01 Å². The van der Waals surface area contributed by atoms with Crippen molar-refractivity contribution in [3.05, 3.63) is 29.7 Å². The second-order valence-corrected chi connectivity index (χ2v) is 9.59. The number of hydrogen-bond donors (Lipinski definition) is 1. The summed E-state index contributed by atoms with van der Waals surface area (Å²) in [7, 11) is 0. The highest BCUT2D eigenvalue weighted by Crippen LogP contribution is 2.62. The normalized spacial score (nSPS) is 38.4. The molecule has 138 valence electrons. The molecule has 7 rings (SSSR count). The van der Waals surface area contributed by atoms with Crippen LogP contribution in [-0.2, 0) is 4.79 Å². The molecule has 0 radical (unpaired) electrons. The maximum atomic E-state index is 12.5. The van der Waals surface area contributed by atoms with E-state index in [1.165, 1.54) is 50.3 Å². The minimum absolute atomic E-state index is 0.0913. The first-order valence-electron chi connectivity index (χ1n) is 9.64. The van der Waals surface area contributed by atoms with Crippen molar-refractivity contribution >= 4 is 39.8 Å². The van der Waals surface area contributed by atoms with Gasteiger partial charge in [-0.1, -0.05) is 0 Å². The number of aliphatic imine (C=N–C) groups is 1. The summed E-state index contributed by atoms with van der Waals surface area (Å²) < 4.78 is 5.30. The van der Waals surface area contributed by atoms with Crippen LogP contribution in [0.1, 0.15) is 44.3 Å². The van der Waals surface area contributed by atoms with Gasteiger partial charge in [-0.05, 0) is 86.2 Å². The number of amidine groups is 2. The van der Waals surface area contributed by atoms with Crippen molar-refractivity contribution in [3.63, 3.8) is 0 Å². The summed E-state index contributed by atoms with van der Waals surface area (Å²) >= 11 is 1.51. The maximum absolute atomic E-state index is 12.5. The molecule has 7 heteroatoms. The predicted molar refractivity (Wildman–Crippen MR) is 104 cm³/mol. The van der Waals surface area contributed by atoms with Crippen LogP contribution in [0.4, 0.5) is 0 Å². The lowest BCUT2D eigenvalue weighted by atomic mass is 9.50. The van der Waals surface area contributed by atoms with E-state index in [2.05, 4.69) is 4.99 Å². The van der Waals surface area contributed by atoms with Crippen LogP contribution < -0.4 is 0 Å². The summed E-state index contributed by atoms with van der Waals surface area (Å²) in [6.45, 7) is 0. The Morgan fingerprint density at radius 3 is 2.56 bits per heavy atom. The van der Waals surface area contributed by atoms with Crippen LogP contribution in [0.5, 0.6) is 0 Å². The van der Waals surface area contributed by atoms with E-state index >= 15 is 0 Å². The molecule has 4 saturated carbocycles. The van der Waals surface area contributed by atoms with Gasteiger partial charge in [0.2, 0.25) is 5.17 Å². The molecular formula is C20H20N4O2S. The second-order valence-electron chi connectivity index (χ2n) is 8.64. The third-order valence-corrected chi connectivity index (χ3v) is 7.93. The zero-order chi connectivity index (χ0) is 18.2. The standard InChI is InChI=1S/C20H20N4O2S/c21-16-15(7-14-2-1-3-26-14)17(25)22-19-24(16)23-18(27-19)20-8-11-4-12(9-20)6-13(5-11)10-20/h1-3,7,11-13,21H,4-6,8-10H2/b15-7+,21-16?. The molecule has 4 bridgehead atoms. The Hall–Kier alpha value is -2.15. The molecule has 6 nitrogen and oxygen atoms in total. The van der Waals surface area contributed by atoms with Gasteiger partial charge in [0.25, 0.3) is 5.91 Å². The molecular weight excluding hydrogens is 360 g/mol. The number of thioether (sulfide) groups is 1. The van der Waals surface area contributed by atoms with Crippen LogP contribution >= 0.6 is 11.8 Å². The van der Waals surface area contributed by atoms with E-state index < -0.39 is 5.91 Å². The zero-order valence-electron chi connectivity index (χ0n) is 14.9. The summed E-state index contributed by atoms with van der Waals surface area (Å²) in [5.74, 6) is 2.73. The van der Waals surface area contributed by atoms with Crippen LogP contribution in [0, 0.1) is 28.6 Å². The molecule has 1 amide bonds. The van der Waals surface area contributed by atoms with Gasteiger partial charge in [0.05, 0.1) is 11.8 Å². The van der Waals surface area contributed by atoms with Crippen molar-refractivity contribution < 1.29 is 9.21 Å². The molecule has 6 aliphatic rings. The SMILES string of the molecule is N=C1/C(=C\c2ccco2)C(=O)N=C2SC(C34CC5CC(CC(C5)C3)C4)=NN12. The Labute approximate surface area is 161 Å². The van der Waals surface area contributed by atoms with Gasteiger partial charge >= 0.3 is 0 Å². The maximum Gasteiger partial charge on any atom is 0.283 e. The summed E-state index contributed by atoms with van der Waals surface area (Å²) in [6.07, 6.45) is 10.9. The molecule has 4 fully saturated rings. The van der Waals surface area contributed by atoms with E-state index in [1.807, 2.05) is 0 Å². The number of hydrogen-bond acceptors (Lipinski definition) is 5. The van der Waals surface area contributed by atoms with Gasteiger partial charge in [0.15, 0.2) is 5.84 Å². The third kappa shape index (κ3) is 2.33. The molecule has 3 heterocycles. The lowest BCUT2D eigenvalue weighted by Gasteiger charge is -2.56. The Morgan fingerprint density at radius 1 is 1.22 bits per heavy atom. The van der Waals surface area contributed by atoms with Crippen molar-refractivity contribution in [2.24, 2.45) is 33.3 Å². The average molecular weight is 380 g/mol. The third-order valence-electron chi connectivity index (χ3n) is 6.78. The van der Waals surface area contributed by atoms with Gasteiger partial charge in [0, 0.05) is 5.41 Å². The number of nitrogens with zero attached hydrogens (tertiary/aromatic N) is 3. The number of carbonyl (C=O) groups excluding carboxylic acids is 1. The van der Waals surface area contributed by atoms with E-state index in [0.717, 1.165) is 22.8 Å². The van der Waals surface area contributed by atoms with Crippen molar-refractivity contribution in [1.29, 1.82) is 5.41 Å². The molecule has 1 N–H and O–H groups in total. The summed E-state index contributed by atoms with van der Waals surface area (Å²) in [5, 5.41) is 16.5. The molecule has 1 aromatic heterocycles. The zero-order valence-corrected chi connectivity index (χ0v) is 15.7. The van der Waals surface area contributed by atoms with Crippen molar-refractivity contribution in [2.45, 2.75) is 38.5 Å². The number of hydrazone groups is 1.